The molecule has 9 nitrogen and oxygen atoms in total. The van der Waals surface area contributed by atoms with Crippen molar-refractivity contribution in [3.63, 3.8) is 0 Å². The van der Waals surface area contributed by atoms with Gasteiger partial charge in [-0.1, -0.05) is 19.1 Å². The van der Waals surface area contributed by atoms with Gasteiger partial charge in [-0.3, -0.25) is 14.2 Å². The molecule has 0 aliphatic heterocycles. The van der Waals surface area contributed by atoms with E-state index < -0.39 is 11.5 Å². The Hall–Kier alpha value is -3.69. The molecule has 0 saturated carbocycles. The van der Waals surface area contributed by atoms with Gasteiger partial charge < -0.3 is 5.11 Å². The Labute approximate surface area is 157 Å². The summed E-state index contributed by atoms with van der Waals surface area (Å²) in [6.45, 7) is 1.91. The number of carbonyl (C=O) groups is 1. The zero-order valence-electron chi connectivity index (χ0n) is 14.8. The smallest absolute Gasteiger partial charge is 0.305 e. The van der Waals surface area contributed by atoms with Crippen LogP contribution in [0.1, 0.15) is 19.0 Å². The third kappa shape index (κ3) is 2.88. The lowest BCUT2D eigenvalue weighted by Gasteiger charge is -2.05. The Balaban J connectivity index is 1.93. The van der Waals surface area contributed by atoms with Crippen LogP contribution in [0.2, 0.25) is 0 Å². The molecule has 0 radical (unpaired) electrons. The van der Waals surface area contributed by atoms with Gasteiger partial charge in [0, 0.05) is 6.54 Å². The highest BCUT2D eigenvalue weighted by atomic mass is 19.1. The van der Waals surface area contributed by atoms with Crippen LogP contribution in [0.15, 0.2) is 35.4 Å². The van der Waals surface area contributed by atoms with Crippen molar-refractivity contribution in [3.8, 4) is 11.1 Å². The maximum atomic E-state index is 13.3. The second-order valence-electron chi connectivity index (χ2n) is 6.18. The van der Waals surface area contributed by atoms with E-state index in [9.17, 15) is 14.0 Å². The molecule has 0 aliphatic rings. The van der Waals surface area contributed by atoms with E-state index in [1.165, 1.54) is 27.5 Å². The van der Waals surface area contributed by atoms with Gasteiger partial charge in [-0.25, -0.2) is 9.37 Å². The van der Waals surface area contributed by atoms with Gasteiger partial charge in [-0.15, -0.1) is 10.2 Å². The molecule has 3 heterocycles. The standard InChI is InChI=1S/C18H15FN6O3/c1-2-12-14(10-3-5-11(19)6-4-10)16-22-21-15-17(25(16)23-12)20-9-24(18(15)28)8-7-13(26)27/h3-6,9H,2,7-8H2,1H3,(H,26,27). The fourth-order valence-corrected chi connectivity index (χ4v) is 3.04. The summed E-state index contributed by atoms with van der Waals surface area (Å²) in [6, 6.07) is 5.97. The molecule has 0 fully saturated rings. The minimum Gasteiger partial charge on any atom is -0.481 e. The van der Waals surface area contributed by atoms with Gasteiger partial charge >= 0.3 is 5.97 Å². The number of aliphatic carboxylic acids is 1. The first kappa shape index (κ1) is 17.7. The van der Waals surface area contributed by atoms with Crippen LogP contribution in [0.3, 0.4) is 0 Å². The van der Waals surface area contributed by atoms with Crippen LogP contribution < -0.4 is 5.56 Å². The lowest BCUT2D eigenvalue weighted by molar-refractivity contribution is -0.137. The van der Waals surface area contributed by atoms with Gasteiger partial charge in [0.05, 0.1) is 17.7 Å². The largest absolute Gasteiger partial charge is 0.481 e. The van der Waals surface area contributed by atoms with Crippen LogP contribution in [0, 0.1) is 5.82 Å². The van der Waals surface area contributed by atoms with E-state index in [1.807, 2.05) is 6.92 Å². The normalized spacial score (nSPS) is 11.4. The molecule has 0 aliphatic carbocycles. The van der Waals surface area contributed by atoms with Crippen LogP contribution in [0.5, 0.6) is 0 Å². The first-order valence-electron chi connectivity index (χ1n) is 8.60. The van der Waals surface area contributed by atoms with E-state index in [-0.39, 0.29) is 29.9 Å². The van der Waals surface area contributed by atoms with Crippen molar-refractivity contribution in [1.29, 1.82) is 0 Å². The molecule has 0 amide bonds. The fraction of sp³-hybridized carbons (Fsp3) is 0.222. The Kier molecular flexibility index (Phi) is 4.30. The molecular formula is C18H15FN6O3. The molecule has 10 heteroatoms. The number of hydrogen-bond acceptors (Lipinski definition) is 6. The quantitative estimate of drug-likeness (QED) is 0.558. The van der Waals surface area contributed by atoms with E-state index in [4.69, 9.17) is 5.11 Å². The summed E-state index contributed by atoms with van der Waals surface area (Å²) in [5.74, 6) is -1.37. The number of benzene rings is 1. The van der Waals surface area contributed by atoms with Crippen LogP contribution in [0.25, 0.3) is 27.9 Å². The van der Waals surface area contributed by atoms with Crippen molar-refractivity contribution in [2.45, 2.75) is 26.3 Å². The molecule has 1 N–H and O–H groups in total. The second-order valence-corrected chi connectivity index (χ2v) is 6.18. The first-order chi connectivity index (χ1) is 13.5. The number of rotatable bonds is 5. The summed E-state index contributed by atoms with van der Waals surface area (Å²) < 4.78 is 15.9. The van der Waals surface area contributed by atoms with E-state index in [2.05, 4.69) is 20.3 Å². The molecule has 3 aromatic heterocycles. The van der Waals surface area contributed by atoms with Crippen molar-refractivity contribution in [1.82, 2.24) is 29.4 Å². The third-order valence-corrected chi connectivity index (χ3v) is 4.41. The Morgan fingerprint density at radius 1 is 1.18 bits per heavy atom. The predicted molar refractivity (Wildman–Crippen MR) is 97.4 cm³/mol. The van der Waals surface area contributed by atoms with E-state index >= 15 is 0 Å². The molecule has 0 unspecified atom stereocenters. The molecule has 0 spiro atoms. The van der Waals surface area contributed by atoms with Gasteiger partial charge in [0.2, 0.25) is 0 Å². The fourth-order valence-electron chi connectivity index (χ4n) is 3.04. The maximum Gasteiger partial charge on any atom is 0.305 e. The van der Waals surface area contributed by atoms with E-state index in [0.717, 1.165) is 5.56 Å². The van der Waals surface area contributed by atoms with Crippen molar-refractivity contribution >= 4 is 22.8 Å². The summed E-state index contributed by atoms with van der Waals surface area (Å²) in [4.78, 5) is 27.6. The summed E-state index contributed by atoms with van der Waals surface area (Å²) >= 11 is 0. The molecule has 4 aromatic rings. The average molecular weight is 382 g/mol. The summed E-state index contributed by atoms with van der Waals surface area (Å²) in [5.41, 5.74) is 2.29. The van der Waals surface area contributed by atoms with Crippen molar-refractivity contribution in [3.05, 3.63) is 52.5 Å². The van der Waals surface area contributed by atoms with E-state index in [1.54, 1.807) is 12.1 Å². The van der Waals surface area contributed by atoms with E-state index in [0.29, 0.717) is 23.3 Å². The third-order valence-electron chi connectivity index (χ3n) is 4.41. The highest BCUT2D eigenvalue weighted by Gasteiger charge is 2.19. The highest BCUT2D eigenvalue weighted by Crippen LogP contribution is 2.28. The summed E-state index contributed by atoms with van der Waals surface area (Å²) in [6.07, 6.45) is 1.66. The monoisotopic (exact) mass is 382 g/mol. The van der Waals surface area contributed by atoms with Crippen LogP contribution >= 0.6 is 0 Å². The number of hydrogen-bond donors (Lipinski definition) is 1. The number of nitrogens with zero attached hydrogens (tertiary/aromatic N) is 6. The lowest BCUT2D eigenvalue weighted by Crippen LogP contribution is -2.24. The van der Waals surface area contributed by atoms with Crippen LogP contribution in [-0.2, 0) is 17.8 Å². The Morgan fingerprint density at radius 2 is 1.93 bits per heavy atom. The molecule has 0 saturated heterocycles. The molecule has 28 heavy (non-hydrogen) atoms. The molecule has 0 atom stereocenters. The Bertz CT molecular complexity index is 1260. The second kappa shape index (κ2) is 6.80. The van der Waals surface area contributed by atoms with Crippen molar-refractivity contribution < 1.29 is 14.3 Å². The van der Waals surface area contributed by atoms with Gasteiger partial charge in [0.1, 0.15) is 12.1 Å². The van der Waals surface area contributed by atoms with Crippen LogP contribution in [0.4, 0.5) is 4.39 Å². The number of halogens is 1. The zero-order valence-corrected chi connectivity index (χ0v) is 14.8. The maximum absolute atomic E-state index is 13.3. The number of aromatic nitrogens is 6. The summed E-state index contributed by atoms with van der Waals surface area (Å²) in [5, 5.41) is 21.5. The predicted octanol–water partition coefficient (Wildman–Crippen LogP) is 1.68. The number of carboxylic acid groups (broad SMARTS) is 1. The molecule has 1 aromatic carbocycles. The van der Waals surface area contributed by atoms with Gasteiger partial charge in [0.15, 0.2) is 16.8 Å². The highest BCUT2D eigenvalue weighted by molar-refractivity contribution is 5.83. The molecular weight excluding hydrogens is 367 g/mol. The number of fused-ring (bicyclic) bond motifs is 3. The molecule has 4 rings (SSSR count). The number of carboxylic acids is 1. The Morgan fingerprint density at radius 3 is 2.61 bits per heavy atom. The zero-order chi connectivity index (χ0) is 19.8. The first-order valence-corrected chi connectivity index (χ1v) is 8.60. The SMILES string of the molecule is CCc1nn2c(nnc3c(=O)n(CCC(=O)O)cnc32)c1-c1ccc(F)cc1. The minimum absolute atomic E-state index is 0.00352. The van der Waals surface area contributed by atoms with Crippen LogP contribution in [-0.4, -0.2) is 40.4 Å². The molecule has 0 bridgehead atoms. The van der Waals surface area contributed by atoms with Crippen molar-refractivity contribution in [2.75, 3.05) is 0 Å². The number of aryl methyl sites for hydroxylation is 2. The average Bonchev–Trinajstić information content (AvgIpc) is 3.07. The topological polar surface area (TPSA) is 115 Å². The summed E-state index contributed by atoms with van der Waals surface area (Å²) in [7, 11) is 0. The van der Waals surface area contributed by atoms with Gasteiger partial charge in [-0.2, -0.15) is 9.61 Å². The van der Waals surface area contributed by atoms with Gasteiger partial charge in [-0.05, 0) is 24.1 Å². The molecule has 142 valence electrons. The lowest BCUT2D eigenvalue weighted by atomic mass is 10.0. The minimum atomic E-state index is -1.02. The van der Waals surface area contributed by atoms with Gasteiger partial charge in [0.25, 0.3) is 5.56 Å². The van der Waals surface area contributed by atoms with Crippen molar-refractivity contribution in [2.24, 2.45) is 0 Å².